The zero-order valence-electron chi connectivity index (χ0n) is 13.3. The Morgan fingerprint density at radius 3 is 2.65 bits per heavy atom. The van der Waals surface area contributed by atoms with Gasteiger partial charge in [0, 0.05) is 12.6 Å². The van der Waals surface area contributed by atoms with E-state index in [1.165, 1.54) is 6.08 Å². The fourth-order valence-corrected chi connectivity index (χ4v) is 2.20. The van der Waals surface area contributed by atoms with Crippen LogP contribution in [-0.4, -0.2) is 24.7 Å². The summed E-state index contributed by atoms with van der Waals surface area (Å²) in [5.41, 5.74) is 2.57. The number of carbonyl (C=O) groups is 1. The smallest absolute Gasteiger partial charge is 0.244 e. The number of ether oxygens (including phenoxy) is 1. The number of hydrogen-bond acceptors (Lipinski definition) is 3. The van der Waals surface area contributed by atoms with Crippen molar-refractivity contribution in [3.8, 4) is 5.75 Å². The third-order valence-corrected chi connectivity index (χ3v) is 3.52. The molecule has 0 bridgehead atoms. The molecule has 1 unspecified atom stereocenters. The third-order valence-electron chi connectivity index (χ3n) is 3.52. The Morgan fingerprint density at radius 2 is 1.96 bits per heavy atom. The van der Waals surface area contributed by atoms with Crippen LogP contribution >= 0.6 is 0 Å². The molecule has 0 aliphatic carbocycles. The number of carbonyl (C=O) groups excluding carboxylic acids is 1. The highest BCUT2D eigenvalue weighted by atomic mass is 16.5. The molecule has 1 amide bonds. The normalized spacial score (nSPS) is 12.6. The zero-order chi connectivity index (χ0) is 16.7. The van der Waals surface area contributed by atoms with Gasteiger partial charge in [-0.1, -0.05) is 42.5 Å². The predicted octanol–water partition coefficient (Wildman–Crippen LogP) is 2.95. The number of allylic oxidation sites excluding steroid dienone is 1. The number of hydrogen-bond donors (Lipinski definition) is 2. The molecule has 0 saturated heterocycles. The van der Waals surface area contributed by atoms with E-state index in [9.17, 15) is 9.90 Å². The Bertz CT molecular complexity index is 680. The van der Waals surface area contributed by atoms with Crippen LogP contribution in [0.15, 0.2) is 60.7 Å². The third kappa shape index (κ3) is 4.97. The van der Waals surface area contributed by atoms with E-state index in [0.717, 1.165) is 11.1 Å². The van der Waals surface area contributed by atoms with Crippen molar-refractivity contribution in [2.75, 3.05) is 13.7 Å². The minimum atomic E-state index is -0.778. The van der Waals surface area contributed by atoms with Crippen LogP contribution in [0.1, 0.15) is 24.2 Å². The second-order valence-corrected chi connectivity index (χ2v) is 5.23. The summed E-state index contributed by atoms with van der Waals surface area (Å²) in [6.07, 6.45) is 0.757. The van der Waals surface area contributed by atoms with E-state index in [-0.39, 0.29) is 12.5 Å². The van der Waals surface area contributed by atoms with Gasteiger partial charge < -0.3 is 15.2 Å². The molecular formula is C19H21NO3. The number of aliphatic hydroxyl groups excluding tert-OH is 1. The van der Waals surface area contributed by atoms with Crippen LogP contribution in [0.2, 0.25) is 0 Å². The maximum absolute atomic E-state index is 12.0. The second-order valence-electron chi connectivity index (χ2n) is 5.23. The fraction of sp³-hybridized carbons (Fsp3) is 0.211. The molecule has 0 fully saturated rings. The van der Waals surface area contributed by atoms with Crippen LogP contribution in [0, 0.1) is 0 Å². The lowest BCUT2D eigenvalue weighted by molar-refractivity contribution is -0.116. The number of amides is 1. The highest BCUT2D eigenvalue weighted by Crippen LogP contribution is 2.18. The maximum atomic E-state index is 12.0. The van der Waals surface area contributed by atoms with Crippen molar-refractivity contribution in [2.45, 2.75) is 13.0 Å². The Kier molecular flexibility index (Phi) is 5.94. The van der Waals surface area contributed by atoms with E-state index in [2.05, 4.69) is 5.32 Å². The lowest BCUT2D eigenvalue weighted by atomic mass is 10.1. The van der Waals surface area contributed by atoms with E-state index in [4.69, 9.17) is 4.74 Å². The van der Waals surface area contributed by atoms with Crippen molar-refractivity contribution in [3.63, 3.8) is 0 Å². The summed E-state index contributed by atoms with van der Waals surface area (Å²) in [5, 5.41) is 12.9. The summed E-state index contributed by atoms with van der Waals surface area (Å²) in [4.78, 5) is 12.0. The first kappa shape index (κ1) is 16.8. The standard InChI is InChI=1S/C19H21NO3/c1-14(15-7-4-3-5-8-15)11-19(22)20-13-18(21)16-9-6-10-17(12-16)23-2/h3-12,18,21H,13H2,1-2H3,(H,20,22)/b14-11-. The number of rotatable bonds is 6. The first-order valence-electron chi connectivity index (χ1n) is 7.43. The first-order chi connectivity index (χ1) is 11.1. The van der Waals surface area contributed by atoms with Crippen molar-refractivity contribution in [1.82, 2.24) is 5.32 Å². The monoisotopic (exact) mass is 311 g/mol. The van der Waals surface area contributed by atoms with Crippen LogP contribution in [0.5, 0.6) is 5.75 Å². The van der Waals surface area contributed by atoms with Gasteiger partial charge in [-0.15, -0.1) is 0 Å². The van der Waals surface area contributed by atoms with Crippen LogP contribution < -0.4 is 10.1 Å². The Hall–Kier alpha value is -2.59. The van der Waals surface area contributed by atoms with E-state index in [0.29, 0.717) is 11.3 Å². The Balaban J connectivity index is 1.93. The Morgan fingerprint density at radius 1 is 1.22 bits per heavy atom. The molecule has 0 heterocycles. The number of aliphatic hydroxyl groups is 1. The van der Waals surface area contributed by atoms with Gasteiger partial charge in [0.25, 0.3) is 0 Å². The molecule has 0 saturated carbocycles. The molecule has 23 heavy (non-hydrogen) atoms. The predicted molar refractivity (Wildman–Crippen MR) is 91.1 cm³/mol. The summed E-state index contributed by atoms with van der Waals surface area (Å²) < 4.78 is 5.12. The van der Waals surface area contributed by atoms with Gasteiger partial charge >= 0.3 is 0 Å². The number of nitrogens with one attached hydrogen (secondary N) is 1. The van der Waals surface area contributed by atoms with Gasteiger partial charge in [-0.05, 0) is 35.8 Å². The largest absolute Gasteiger partial charge is 0.497 e. The summed E-state index contributed by atoms with van der Waals surface area (Å²) >= 11 is 0. The van der Waals surface area contributed by atoms with Gasteiger partial charge in [0.1, 0.15) is 5.75 Å². The van der Waals surface area contributed by atoms with Crippen molar-refractivity contribution < 1.29 is 14.6 Å². The molecule has 0 aliphatic rings. The minimum Gasteiger partial charge on any atom is -0.497 e. The van der Waals surface area contributed by atoms with Crippen LogP contribution in [0.4, 0.5) is 0 Å². The summed E-state index contributed by atoms with van der Waals surface area (Å²) in [6.45, 7) is 2.03. The minimum absolute atomic E-state index is 0.143. The lowest BCUT2D eigenvalue weighted by Gasteiger charge is -2.12. The fourth-order valence-electron chi connectivity index (χ4n) is 2.20. The van der Waals surface area contributed by atoms with E-state index >= 15 is 0 Å². The first-order valence-corrected chi connectivity index (χ1v) is 7.43. The molecular weight excluding hydrogens is 290 g/mol. The highest BCUT2D eigenvalue weighted by Gasteiger charge is 2.09. The van der Waals surface area contributed by atoms with Crippen molar-refractivity contribution in [1.29, 1.82) is 0 Å². The summed E-state index contributed by atoms with van der Waals surface area (Å²) in [6, 6.07) is 16.8. The molecule has 4 heteroatoms. The SMILES string of the molecule is COc1cccc(C(O)CNC(=O)/C=C(/C)c2ccccc2)c1. The average Bonchev–Trinajstić information content (AvgIpc) is 2.60. The van der Waals surface area contributed by atoms with Crippen molar-refractivity contribution in [2.24, 2.45) is 0 Å². The lowest BCUT2D eigenvalue weighted by Crippen LogP contribution is -2.26. The van der Waals surface area contributed by atoms with Gasteiger partial charge in [0.2, 0.25) is 5.91 Å². The number of benzene rings is 2. The Labute approximate surface area is 136 Å². The quantitative estimate of drug-likeness (QED) is 0.806. The molecule has 2 aromatic carbocycles. The summed E-state index contributed by atoms with van der Waals surface area (Å²) in [5.74, 6) is 0.445. The van der Waals surface area contributed by atoms with Gasteiger partial charge in [0.15, 0.2) is 0 Å². The molecule has 2 rings (SSSR count). The second kappa shape index (κ2) is 8.15. The van der Waals surface area contributed by atoms with Gasteiger partial charge in [-0.25, -0.2) is 0 Å². The average molecular weight is 311 g/mol. The molecule has 2 aromatic rings. The molecule has 0 aromatic heterocycles. The summed E-state index contributed by atoms with van der Waals surface area (Å²) in [7, 11) is 1.57. The van der Waals surface area contributed by atoms with Gasteiger partial charge in [0.05, 0.1) is 13.2 Å². The highest BCUT2D eigenvalue weighted by molar-refractivity contribution is 5.94. The molecule has 0 aliphatic heterocycles. The van der Waals surface area contributed by atoms with Crippen molar-refractivity contribution in [3.05, 3.63) is 71.8 Å². The van der Waals surface area contributed by atoms with E-state index in [1.54, 1.807) is 31.4 Å². The topological polar surface area (TPSA) is 58.6 Å². The molecule has 1 atom stereocenters. The van der Waals surface area contributed by atoms with Crippen molar-refractivity contribution >= 4 is 11.5 Å². The molecule has 0 radical (unpaired) electrons. The van der Waals surface area contributed by atoms with E-state index < -0.39 is 6.10 Å². The van der Waals surface area contributed by atoms with Crippen LogP contribution in [-0.2, 0) is 4.79 Å². The van der Waals surface area contributed by atoms with Gasteiger partial charge in [-0.3, -0.25) is 4.79 Å². The van der Waals surface area contributed by atoms with Crippen LogP contribution in [0.25, 0.3) is 5.57 Å². The van der Waals surface area contributed by atoms with Gasteiger partial charge in [-0.2, -0.15) is 0 Å². The van der Waals surface area contributed by atoms with E-state index in [1.807, 2.05) is 37.3 Å². The molecule has 2 N–H and O–H groups in total. The molecule has 4 nitrogen and oxygen atoms in total. The molecule has 0 spiro atoms. The number of methoxy groups -OCH3 is 1. The maximum Gasteiger partial charge on any atom is 0.244 e. The van der Waals surface area contributed by atoms with Crippen LogP contribution in [0.3, 0.4) is 0 Å². The zero-order valence-corrected chi connectivity index (χ0v) is 13.3. The molecule has 120 valence electrons.